The highest BCUT2D eigenvalue weighted by Gasteiger charge is 2.32. The van der Waals surface area contributed by atoms with E-state index in [1.54, 1.807) is 24.3 Å². The van der Waals surface area contributed by atoms with Crippen LogP contribution in [0.15, 0.2) is 41.6 Å². The molecule has 0 bridgehead atoms. The lowest BCUT2D eigenvalue weighted by molar-refractivity contribution is 0.119. The first-order valence-electron chi connectivity index (χ1n) is 9.18. The van der Waals surface area contributed by atoms with Crippen molar-refractivity contribution in [2.45, 2.75) is 43.8 Å². The van der Waals surface area contributed by atoms with Gasteiger partial charge in [0.05, 0.1) is 24.7 Å². The molecule has 0 spiro atoms. The van der Waals surface area contributed by atoms with Crippen molar-refractivity contribution in [1.82, 2.24) is 14.3 Å². The van der Waals surface area contributed by atoms with E-state index in [0.717, 1.165) is 6.42 Å². The highest BCUT2D eigenvalue weighted by molar-refractivity contribution is 7.89. The number of hydrogen-bond acceptors (Lipinski definition) is 7. The van der Waals surface area contributed by atoms with Crippen LogP contribution >= 0.6 is 0 Å². The zero-order valence-electron chi connectivity index (χ0n) is 16.2. The summed E-state index contributed by atoms with van der Waals surface area (Å²) >= 11 is 0. The number of piperidine rings is 1. The average Bonchev–Trinajstić information content (AvgIpc) is 2.68. The molecule has 3 rings (SSSR count). The van der Waals surface area contributed by atoms with Crippen molar-refractivity contribution in [2.75, 3.05) is 20.2 Å². The summed E-state index contributed by atoms with van der Waals surface area (Å²) in [6.45, 7) is 4.53. The second-order valence-electron chi connectivity index (χ2n) is 6.75. The first-order valence-corrected chi connectivity index (χ1v) is 10.6. The summed E-state index contributed by atoms with van der Waals surface area (Å²) in [5.41, 5.74) is 0. The summed E-state index contributed by atoms with van der Waals surface area (Å²) in [4.78, 5) is 8.42. The quantitative estimate of drug-likeness (QED) is 0.696. The minimum absolute atomic E-state index is 0.0283. The number of rotatable bonds is 7. The number of methoxy groups -OCH3 is 1. The summed E-state index contributed by atoms with van der Waals surface area (Å²) in [7, 11) is -2.13. The maximum Gasteiger partial charge on any atom is 0.278 e. The molecule has 2 aromatic rings. The molecule has 8 nitrogen and oxygen atoms in total. The van der Waals surface area contributed by atoms with Crippen molar-refractivity contribution in [3.63, 3.8) is 0 Å². The lowest BCUT2D eigenvalue weighted by Crippen LogP contribution is -2.44. The minimum atomic E-state index is -3.62. The SMILES string of the molecule is COc1nccnc1OC1CCCN(S(=O)(=O)c2ccc(OC(C)C)cc2)C1. The standard InChI is InChI=1S/C19H25N3O5S/c1-14(2)26-15-6-8-17(9-7-15)28(23,24)22-12-4-5-16(13-22)27-19-18(25-3)20-10-11-21-19/h6-11,14,16H,4-5,12-13H2,1-3H3. The van der Waals surface area contributed by atoms with E-state index in [4.69, 9.17) is 14.2 Å². The zero-order chi connectivity index (χ0) is 20.1. The molecule has 1 aliphatic heterocycles. The van der Waals surface area contributed by atoms with Gasteiger partial charge in [0.2, 0.25) is 10.0 Å². The Morgan fingerprint density at radius 2 is 1.79 bits per heavy atom. The maximum absolute atomic E-state index is 13.0. The molecule has 1 aromatic carbocycles. The number of ether oxygens (including phenoxy) is 3. The van der Waals surface area contributed by atoms with Crippen LogP contribution in [-0.2, 0) is 10.0 Å². The van der Waals surface area contributed by atoms with Crippen LogP contribution in [0, 0.1) is 0 Å². The predicted molar refractivity (Wildman–Crippen MR) is 103 cm³/mol. The fraction of sp³-hybridized carbons (Fsp3) is 0.474. The van der Waals surface area contributed by atoms with E-state index in [0.29, 0.717) is 18.7 Å². The van der Waals surface area contributed by atoms with E-state index in [9.17, 15) is 8.42 Å². The van der Waals surface area contributed by atoms with Gasteiger partial charge in [0.15, 0.2) is 0 Å². The monoisotopic (exact) mass is 407 g/mol. The van der Waals surface area contributed by atoms with E-state index in [1.807, 2.05) is 13.8 Å². The third-order valence-corrected chi connectivity index (χ3v) is 6.16. The number of nitrogens with zero attached hydrogens (tertiary/aromatic N) is 3. The Kier molecular flexibility index (Phi) is 6.35. The Labute approximate surface area is 165 Å². The third kappa shape index (κ3) is 4.71. The molecule has 152 valence electrons. The molecule has 2 heterocycles. The molecule has 1 atom stereocenters. The van der Waals surface area contributed by atoms with Crippen molar-refractivity contribution in [3.8, 4) is 17.5 Å². The van der Waals surface area contributed by atoms with Crippen LogP contribution in [-0.4, -0.2) is 55.1 Å². The molecule has 1 aliphatic rings. The number of aromatic nitrogens is 2. The van der Waals surface area contributed by atoms with Gasteiger partial charge in [-0.25, -0.2) is 18.4 Å². The van der Waals surface area contributed by atoms with Crippen LogP contribution in [0.25, 0.3) is 0 Å². The summed E-state index contributed by atoms with van der Waals surface area (Å²) in [6, 6.07) is 6.50. The molecule has 1 fully saturated rings. The van der Waals surface area contributed by atoms with E-state index in [1.165, 1.54) is 23.8 Å². The predicted octanol–water partition coefficient (Wildman–Crippen LogP) is 2.50. The molecule has 0 N–H and O–H groups in total. The van der Waals surface area contributed by atoms with Crippen molar-refractivity contribution in [2.24, 2.45) is 0 Å². The Bertz CT molecular complexity index is 887. The number of benzene rings is 1. The van der Waals surface area contributed by atoms with Crippen LogP contribution in [0.1, 0.15) is 26.7 Å². The van der Waals surface area contributed by atoms with Gasteiger partial charge in [0.25, 0.3) is 11.8 Å². The first-order chi connectivity index (χ1) is 13.4. The van der Waals surface area contributed by atoms with Crippen LogP contribution in [0.5, 0.6) is 17.5 Å². The van der Waals surface area contributed by atoms with Crippen LogP contribution < -0.4 is 14.2 Å². The Hall–Kier alpha value is -2.39. The topological polar surface area (TPSA) is 90.9 Å². The molecule has 0 radical (unpaired) electrons. The molecule has 0 amide bonds. The summed E-state index contributed by atoms with van der Waals surface area (Å²) in [6.07, 6.45) is 4.15. The molecule has 0 aliphatic carbocycles. The van der Waals surface area contributed by atoms with Gasteiger partial charge in [-0.3, -0.25) is 0 Å². The molecular weight excluding hydrogens is 382 g/mol. The second-order valence-corrected chi connectivity index (χ2v) is 8.69. The van der Waals surface area contributed by atoms with Gasteiger partial charge in [-0.15, -0.1) is 0 Å². The highest BCUT2D eigenvalue weighted by atomic mass is 32.2. The molecule has 1 aromatic heterocycles. The summed E-state index contributed by atoms with van der Waals surface area (Å²) in [5, 5.41) is 0. The van der Waals surface area contributed by atoms with E-state index < -0.39 is 10.0 Å². The fourth-order valence-electron chi connectivity index (χ4n) is 3.02. The van der Waals surface area contributed by atoms with Gasteiger partial charge in [-0.2, -0.15) is 4.31 Å². The highest BCUT2D eigenvalue weighted by Crippen LogP contribution is 2.27. The van der Waals surface area contributed by atoms with E-state index >= 15 is 0 Å². The normalized spacial score (nSPS) is 18.1. The van der Waals surface area contributed by atoms with E-state index in [-0.39, 0.29) is 35.4 Å². The molecule has 1 saturated heterocycles. The third-order valence-electron chi connectivity index (χ3n) is 4.28. The largest absolute Gasteiger partial charge is 0.491 e. The van der Waals surface area contributed by atoms with Gasteiger partial charge in [-0.05, 0) is 51.0 Å². The van der Waals surface area contributed by atoms with Crippen LogP contribution in [0.4, 0.5) is 0 Å². The Balaban J connectivity index is 1.72. The molecular formula is C19H25N3O5S. The number of sulfonamides is 1. The van der Waals surface area contributed by atoms with E-state index in [2.05, 4.69) is 9.97 Å². The summed E-state index contributed by atoms with van der Waals surface area (Å²) in [5.74, 6) is 1.19. The fourth-order valence-corrected chi connectivity index (χ4v) is 4.53. The molecule has 0 saturated carbocycles. The molecule has 9 heteroatoms. The Morgan fingerprint density at radius 1 is 1.11 bits per heavy atom. The van der Waals surface area contributed by atoms with Gasteiger partial charge >= 0.3 is 0 Å². The van der Waals surface area contributed by atoms with Gasteiger partial charge < -0.3 is 14.2 Å². The van der Waals surface area contributed by atoms with Crippen molar-refractivity contribution in [3.05, 3.63) is 36.7 Å². The molecule has 1 unspecified atom stereocenters. The zero-order valence-corrected chi connectivity index (χ0v) is 17.1. The smallest absolute Gasteiger partial charge is 0.278 e. The molecule has 28 heavy (non-hydrogen) atoms. The lowest BCUT2D eigenvalue weighted by Gasteiger charge is -2.31. The summed E-state index contributed by atoms with van der Waals surface area (Å²) < 4.78 is 44.1. The number of hydrogen-bond donors (Lipinski definition) is 0. The lowest BCUT2D eigenvalue weighted by atomic mass is 10.1. The first kappa shape index (κ1) is 20.3. The van der Waals surface area contributed by atoms with Crippen LogP contribution in [0.2, 0.25) is 0 Å². The van der Waals surface area contributed by atoms with Crippen molar-refractivity contribution in [1.29, 1.82) is 0 Å². The Morgan fingerprint density at radius 3 is 2.43 bits per heavy atom. The minimum Gasteiger partial charge on any atom is -0.491 e. The average molecular weight is 407 g/mol. The maximum atomic E-state index is 13.0. The van der Waals surface area contributed by atoms with Gasteiger partial charge in [-0.1, -0.05) is 0 Å². The second kappa shape index (κ2) is 8.74. The van der Waals surface area contributed by atoms with Crippen molar-refractivity contribution < 1.29 is 22.6 Å². The van der Waals surface area contributed by atoms with Crippen molar-refractivity contribution >= 4 is 10.0 Å². The van der Waals surface area contributed by atoms with Crippen LogP contribution in [0.3, 0.4) is 0 Å². The van der Waals surface area contributed by atoms with Gasteiger partial charge in [0.1, 0.15) is 11.9 Å². The van der Waals surface area contributed by atoms with Gasteiger partial charge in [0, 0.05) is 18.9 Å².